The van der Waals surface area contributed by atoms with Crippen molar-refractivity contribution in [3.8, 4) is 0 Å². The predicted octanol–water partition coefficient (Wildman–Crippen LogP) is -12.5. The Bertz CT molecular complexity index is 3190. The van der Waals surface area contributed by atoms with E-state index in [4.69, 9.17) is 114 Å². The van der Waals surface area contributed by atoms with Gasteiger partial charge < -0.3 is 195 Å². The molecule has 39 atom stereocenters. The second-order valence-electron chi connectivity index (χ2n) is 27.2. The van der Waals surface area contributed by atoms with Gasteiger partial charge >= 0.3 is 53.7 Å². The van der Waals surface area contributed by atoms with Gasteiger partial charge in [-0.2, -0.15) is 0 Å². The maximum atomic E-state index is 13.3. The third-order valence-corrected chi connectivity index (χ3v) is 19.0. The van der Waals surface area contributed by atoms with Gasteiger partial charge in [-0.1, -0.05) is 0 Å². The molecular formula is C65H98O49. The van der Waals surface area contributed by atoms with E-state index in [1.807, 2.05) is 0 Å². The maximum Gasteiger partial charge on any atom is 0.335 e. The standard InChI is InChI=1S/C65H98O49/c1-18(73)93-41-26(81)17-92-27(10-66)43(41)107-60-35(83)50(95-20(3)75)44(29(12-68)102-60)109-61-36(84)51(96-21(4)76)45(30(13-69)103-61)110-62-37(85)52(97-22(5)77)46(31(14-70)104-62)111-63-38(86)53(98-23(6)78)48(33(16-72)105-63)112-65-40(88)55(100-25(8)80)56(57(114-65)58(89)90)113-64-39(87)54(99-24(7)79)47(32(15-71)106-64)108-59-34(82)49(94-19(2)74)42(91-9)28(11-67)101-59/h26-57,59-72,81-88H,10-17H2,1-9H3,(H,89,90)/t26-,27+,28+,29+,30+,31+,32+,33+,34+,35+,36+,37+,38+,39+,40+,41+,42+,43+,44+,45+,46+,47+,48+,49+,50+,51+,52+,53+,54+,55+,56-,57-,59-,60?,61-,62-,63-,64?,65?/m0/s1. The van der Waals surface area contributed by atoms with Crippen molar-refractivity contribution in [2.24, 2.45) is 0 Å². The Morgan fingerprint density at radius 1 is 0.263 bits per heavy atom. The number of methoxy groups -OCH3 is 1. The number of carboxylic acid groups (broad SMARTS) is 1. The fraction of sp³-hybridized carbons (Fsp3) is 0.862. The largest absolute Gasteiger partial charge is 0.479 e. The molecule has 0 radical (unpaired) electrons. The van der Waals surface area contributed by atoms with E-state index >= 15 is 0 Å². The first kappa shape index (κ1) is 93.5. The van der Waals surface area contributed by atoms with E-state index in [1.165, 1.54) is 0 Å². The van der Waals surface area contributed by atoms with Gasteiger partial charge in [0.2, 0.25) is 0 Å². The molecule has 0 amide bonds. The molecule has 8 rings (SSSR count). The monoisotopic (exact) mass is 1660 g/mol. The fourth-order valence-electron chi connectivity index (χ4n) is 14.2. The first-order valence-corrected chi connectivity index (χ1v) is 35.5. The van der Waals surface area contributed by atoms with Crippen LogP contribution in [0.2, 0.25) is 0 Å². The highest BCUT2D eigenvalue weighted by atomic mass is 16.8. The second kappa shape index (κ2) is 41.6. The molecule has 652 valence electrons. The average molecular weight is 1660 g/mol. The van der Waals surface area contributed by atoms with Gasteiger partial charge in [-0.05, 0) is 0 Å². The average Bonchev–Trinajstić information content (AvgIpc) is 0.763. The zero-order chi connectivity index (χ0) is 84.3. The zero-order valence-electron chi connectivity index (χ0n) is 62.3. The number of aliphatic hydroxyl groups is 15. The highest BCUT2D eigenvalue weighted by Crippen LogP contribution is 2.42. The van der Waals surface area contributed by atoms with Gasteiger partial charge in [0, 0.05) is 62.5 Å². The molecule has 16 N–H and O–H groups in total. The molecule has 0 aromatic heterocycles. The quantitative estimate of drug-likeness (QED) is 0.0226. The molecule has 0 spiro atoms. The van der Waals surface area contributed by atoms with Crippen molar-refractivity contribution in [2.75, 3.05) is 60.0 Å². The lowest BCUT2D eigenvalue weighted by atomic mass is 9.94. The van der Waals surface area contributed by atoms with E-state index in [2.05, 4.69) is 0 Å². The topological polar surface area (TPSA) is 699 Å². The van der Waals surface area contributed by atoms with E-state index < -0.39 is 346 Å². The number of carbonyl (C=O) groups excluding carboxylic acids is 8. The second-order valence-corrected chi connectivity index (χ2v) is 27.2. The Morgan fingerprint density at radius 3 is 0.658 bits per heavy atom. The molecule has 3 unspecified atom stereocenters. The van der Waals surface area contributed by atoms with Gasteiger partial charge in [0.15, 0.2) is 99.0 Å². The molecule has 8 aliphatic heterocycles. The molecule has 8 aliphatic rings. The number of carbonyl (C=O) groups is 9. The summed E-state index contributed by atoms with van der Waals surface area (Å²) in [7, 11) is 1.14. The summed E-state index contributed by atoms with van der Waals surface area (Å²) in [6.45, 7) is -0.995. The molecule has 114 heavy (non-hydrogen) atoms. The van der Waals surface area contributed by atoms with Crippen molar-refractivity contribution in [2.45, 2.75) is 295 Å². The summed E-state index contributed by atoms with van der Waals surface area (Å²) in [5.74, 6) is -11.0. The van der Waals surface area contributed by atoms with Gasteiger partial charge in [0.05, 0.1) is 52.9 Å². The number of aliphatic carboxylic acids is 1. The Balaban J connectivity index is 1.00. The van der Waals surface area contributed by atoms with Crippen LogP contribution >= 0.6 is 0 Å². The van der Waals surface area contributed by atoms with Crippen molar-refractivity contribution < 1.29 is 239 Å². The SMILES string of the molecule is CO[C@H]1[C@H](OC(C)=O)[C@@H](O)[C@H](O[C@H]2[C@H](OC(C)=O)[C@@H](O)C(O[C@H]3[C@H](OC(C)=O)[C@@H](O)C(O[C@H]4[C@H](OC(C)=O)[C@@H](O)[C@H](O[C@H]5[C@H](OC(C)=O)[C@@H](O)[C@H](O[C@H]6[C@H](OC(C)=O)[C@@H](O)[C@H](O[C@H]7[C@H](OC(C)=O)[C@@H](O)C(O[C@H]8[C@H](OC(C)=O)[C@@H](O)CO[C@@H]8CO)O[C@@H]7CO)O[C@@H]6CO)O[C@@H]5CO)O[C@@H]4CO)O[C@@H]3C(=O)O)O[C@@H]2CO)O[C@@H]1CO. The number of ether oxygens (including phenoxy) is 24. The van der Waals surface area contributed by atoms with E-state index in [0.29, 0.717) is 0 Å². The van der Waals surface area contributed by atoms with E-state index in [9.17, 15) is 125 Å². The van der Waals surface area contributed by atoms with Crippen molar-refractivity contribution in [1.82, 2.24) is 0 Å². The zero-order valence-corrected chi connectivity index (χ0v) is 62.3. The summed E-state index contributed by atoms with van der Waals surface area (Å²) in [4.78, 5) is 115. The van der Waals surface area contributed by atoms with Crippen molar-refractivity contribution >= 4 is 53.7 Å². The lowest BCUT2D eigenvalue weighted by Gasteiger charge is -2.51. The lowest BCUT2D eigenvalue weighted by Crippen LogP contribution is -2.69. The molecule has 0 aliphatic carbocycles. The molecule has 49 nitrogen and oxygen atoms in total. The van der Waals surface area contributed by atoms with Crippen molar-refractivity contribution in [3.05, 3.63) is 0 Å². The van der Waals surface area contributed by atoms with Gasteiger partial charge in [-0.15, -0.1) is 0 Å². The van der Waals surface area contributed by atoms with Crippen LogP contribution in [0.5, 0.6) is 0 Å². The molecule has 0 saturated carbocycles. The fourth-order valence-corrected chi connectivity index (χ4v) is 14.2. The number of esters is 8. The van der Waals surface area contributed by atoms with E-state index in [1.54, 1.807) is 0 Å². The Labute approximate surface area is 645 Å². The van der Waals surface area contributed by atoms with Crippen LogP contribution in [0.25, 0.3) is 0 Å². The van der Waals surface area contributed by atoms with Crippen LogP contribution in [0.1, 0.15) is 55.4 Å². The summed E-state index contributed by atoms with van der Waals surface area (Å²) in [6, 6.07) is 0. The summed E-state index contributed by atoms with van der Waals surface area (Å²) in [5, 5.41) is 179. The van der Waals surface area contributed by atoms with Crippen molar-refractivity contribution in [3.63, 3.8) is 0 Å². The molecule has 8 heterocycles. The minimum Gasteiger partial charge on any atom is -0.479 e. The number of rotatable bonds is 31. The van der Waals surface area contributed by atoms with Gasteiger partial charge in [0.25, 0.3) is 0 Å². The lowest BCUT2D eigenvalue weighted by molar-refractivity contribution is -0.397. The van der Waals surface area contributed by atoms with Crippen LogP contribution in [0.3, 0.4) is 0 Å². The number of aliphatic hydroxyl groups excluding tert-OH is 15. The Hall–Kier alpha value is -6.01. The Morgan fingerprint density at radius 2 is 0.447 bits per heavy atom. The number of hydrogen-bond donors (Lipinski definition) is 16. The third-order valence-electron chi connectivity index (χ3n) is 19.0. The highest BCUT2D eigenvalue weighted by molar-refractivity contribution is 5.74. The molecule has 8 saturated heterocycles. The predicted molar refractivity (Wildman–Crippen MR) is 345 cm³/mol. The van der Waals surface area contributed by atoms with Crippen molar-refractivity contribution in [1.29, 1.82) is 0 Å². The number of hydrogen-bond acceptors (Lipinski definition) is 48. The van der Waals surface area contributed by atoms with Crippen LogP contribution in [0.15, 0.2) is 0 Å². The first-order chi connectivity index (χ1) is 53.9. The summed E-state index contributed by atoms with van der Waals surface area (Å²) < 4.78 is 136. The van der Waals surface area contributed by atoms with Gasteiger partial charge in [0.1, 0.15) is 140 Å². The summed E-state index contributed by atoms with van der Waals surface area (Å²) in [5.41, 5.74) is 0. The maximum absolute atomic E-state index is 13.3. The van der Waals surface area contributed by atoms with E-state index in [-0.39, 0.29) is 0 Å². The smallest absolute Gasteiger partial charge is 0.335 e. The molecule has 0 bridgehead atoms. The van der Waals surface area contributed by atoms with Crippen LogP contribution in [-0.2, 0) is 157 Å². The molecule has 49 heteroatoms. The summed E-state index contributed by atoms with van der Waals surface area (Å²) in [6.07, 6.45) is -79.4. The van der Waals surface area contributed by atoms with Gasteiger partial charge in [-0.3, -0.25) is 38.4 Å². The molecule has 0 aromatic carbocycles. The number of carboxylic acids is 1. The third kappa shape index (κ3) is 21.9. The van der Waals surface area contributed by atoms with E-state index in [0.717, 1.165) is 62.5 Å². The molecule has 0 aromatic rings. The minimum atomic E-state index is -2.55. The normalized spacial score (nSPS) is 43.2. The van der Waals surface area contributed by atoms with Crippen LogP contribution < -0.4 is 0 Å². The Kier molecular flexibility index (Phi) is 34.1. The van der Waals surface area contributed by atoms with Crippen LogP contribution in [-0.4, -0.2) is 435 Å². The van der Waals surface area contributed by atoms with Crippen LogP contribution in [0, 0.1) is 0 Å². The minimum absolute atomic E-state index is 0.452. The first-order valence-electron chi connectivity index (χ1n) is 35.5. The summed E-state index contributed by atoms with van der Waals surface area (Å²) >= 11 is 0. The van der Waals surface area contributed by atoms with Gasteiger partial charge in [-0.25, -0.2) is 4.79 Å². The van der Waals surface area contributed by atoms with Crippen LogP contribution in [0.4, 0.5) is 0 Å². The molecule has 8 fully saturated rings. The molecular weight excluding hydrogens is 1560 g/mol. The highest BCUT2D eigenvalue weighted by Gasteiger charge is 2.63.